The number of unbranched alkanes of at least 4 members (excludes halogenated alkanes) is 2. The topological polar surface area (TPSA) is 451 Å². The number of nitrogens with zero attached hydrogens (tertiary/aromatic N) is 3. The number of rotatable bonds is 32. The molecule has 0 aliphatic heterocycles. The predicted octanol–water partition coefficient (Wildman–Crippen LogP) is -3.35. The van der Waals surface area contributed by atoms with Crippen molar-refractivity contribution in [3.05, 3.63) is 59.7 Å². The van der Waals surface area contributed by atoms with Crippen molar-refractivity contribution in [3.63, 3.8) is 0 Å². The highest BCUT2D eigenvalue weighted by atomic mass is 16.3. The first-order valence-electron chi connectivity index (χ1n) is 22.5. The van der Waals surface area contributed by atoms with Crippen LogP contribution in [0, 0.1) is 0 Å². The maximum absolute atomic E-state index is 14.3. The molecule has 69 heavy (non-hydrogen) atoms. The number of hydrogen-bond acceptors (Lipinski definition) is 12. The van der Waals surface area contributed by atoms with Gasteiger partial charge in [-0.3, -0.25) is 48.5 Å². The Bertz CT molecular complexity index is 2070. The van der Waals surface area contributed by atoms with E-state index in [1.807, 2.05) is 0 Å². The molecule has 5 atom stereocenters. The van der Waals surface area contributed by atoms with Crippen LogP contribution >= 0.6 is 0 Å². The number of phenolic OH excluding ortho intramolecular Hbond substituents is 2. The van der Waals surface area contributed by atoms with Crippen LogP contribution in [0.2, 0.25) is 0 Å². The highest BCUT2D eigenvalue weighted by Crippen LogP contribution is 2.15. The number of guanidine groups is 3. The molecule has 22 N–H and O–H groups in total. The Balaban J connectivity index is 2.28. The van der Waals surface area contributed by atoms with Crippen molar-refractivity contribution in [2.24, 2.45) is 55.1 Å². The number of aromatic hydroxyl groups is 2. The molecule has 0 aromatic heterocycles. The highest BCUT2D eigenvalue weighted by molar-refractivity contribution is 5.96. The maximum atomic E-state index is 14.3. The molecule has 25 nitrogen and oxygen atoms in total. The smallest absolute Gasteiger partial charge is 0.243 e. The summed E-state index contributed by atoms with van der Waals surface area (Å²) in [4.78, 5) is 104. The molecular formula is C44H70N16O9. The molecule has 0 aliphatic carbocycles. The molecule has 2 aromatic rings. The number of nitrogens with two attached hydrogens (primary N) is 7. The Kier molecular flexibility index (Phi) is 25.9. The summed E-state index contributed by atoms with van der Waals surface area (Å²) in [7, 11) is 0. The summed E-state index contributed by atoms with van der Waals surface area (Å²) in [6.07, 6.45) is 2.70. The van der Waals surface area contributed by atoms with Crippen molar-refractivity contribution in [1.29, 1.82) is 0 Å². The minimum absolute atomic E-state index is 0.0386. The molecule has 25 heteroatoms. The van der Waals surface area contributed by atoms with Crippen LogP contribution in [0.1, 0.15) is 82.3 Å². The van der Waals surface area contributed by atoms with Crippen LogP contribution in [0.15, 0.2) is 63.5 Å². The molecule has 0 bridgehead atoms. The van der Waals surface area contributed by atoms with Crippen molar-refractivity contribution >= 4 is 59.2 Å². The van der Waals surface area contributed by atoms with Gasteiger partial charge in [0.05, 0.1) is 0 Å². The second kappa shape index (κ2) is 31.2. The molecule has 7 amide bonds. The van der Waals surface area contributed by atoms with Crippen LogP contribution in [0.4, 0.5) is 0 Å². The number of hydrogen-bond donors (Lipinski definition) is 15. The summed E-state index contributed by atoms with van der Waals surface area (Å²) in [6.45, 7) is 1.98. The van der Waals surface area contributed by atoms with Gasteiger partial charge in [-0.05, 0) is 86.8 Å². The predicted molar refractivity (Wildman–Crippen MR) is 259 cm³/mol. The molecule has 2 rings (SSSR count). The van der Waals surface area contributed by atoms with E-state index < -0.39 is 65.7 Å². The van der Waals surface area contributed by atoms with Crippen molar-refractivity contribution in [3.8, 4) is 11.5 Å². The molecule has 0 aliphatic rings. The minimum Gasteiger partial charge on any atom is -0.508 e. The van der Waals surface area contributed by atoms with Crippen molar-refractivity contribution < 1.29 is 43.8 Å². The molecule has 0 saturated heterocycles. The van der Waals surface area contributed by atoms with Gasteiger partial charge in [-0.1, -0.05) is 30.7 Å². The van der Waals surface area contributed by atoms with Crippen LogP contribution in [0.25, 0.3) is 0 Å². The third-order valence-corrected chi connectivity index (χ3v) is 10.2. The molecule has 0 heterocycles. The van der Waals surface area contributed by atoms with Gasteiger partial charge in [-0.15, -0.1) is 0 Å². The van der Waals surface area contributed by atoms with E-state index in [0.29, 0.717) is 43.2 Å². The fraction of sp³-hybridized carbons (Fsp3) is 0.500. The zero-order chi connectivity index (χ0) is 51.3. The lowest BCUT2D eigenvalue weighted by Crippen LogP contribution is -2.59. The third-order valence-electron chi connectivity index (χ3n) is 10.2. The Labute approximate surface area is 400 Å². The Hall–Kier alpha value is -7.86. The molecule has 2 aromatic carbocycles. The van der Waals surface area contributed by atoms with Crippen molar-refractivity contribution in [1.82, 2.24) is 31.9 Å². The number of nitrogens with one attached hydrogen (secondary N) is 6. The zero-order valence-corrected chi connectivity index (χ0v) is 39.0. The number of aliphatic imine (C=N–C) groups is 3. The summed E-state index contributed by atoms with van der Waals surface area (Å²) in [5, 5.41) is 36.0. The Morgan fingerprint density at radius 2 is 0.870 bits per heavy atom. The van der Waals surface area contributed by atoms with Gasteiger partial charge in [0.15, 0.2) is 17.9 Å². The first kappa shape index (κ1) is 57.3. The lowest BCUT2D eigenvalue weighted by Gasteiger charge is -2.27. The number of phenols is 2. The molecule has 0 radical (unpaired) electrons. The van der Waals surface area contributed by atoms with Crippen LogP contribution in [-0.2, 0) is 46.4 Å². The monoisotopic (exact) mass is 967 g/mol. The molecule has 0 spiro atoms. The lowest BCUT2D eigenvalue weighted by molar-refractivity contribution is -0.134. The standard InChI is InChI=1S/C44H70N16O9/c1-26(61)56-33(10-7-23-55-44(50)51)39(67)59-35(25-28-14-18-30(63)19-15-28)41(69)60-34(24-27-12-16-29(62)17-13-27)40(68)58-32(9-6-22-54-43(48)49)38(66)52-20-4-2-3-11-36(64)57-31(37(45)65)8-5-21-53-42(46)47/h12-19,31-35,62-63H,2-11,20-25H2,1H3,(H2,45,65)(H,52,66)(H,56,61)(H,57,64)(H,58,68)(H,59,67)(H,60,69)(H4,46,47,53)(H4,48,49,54)(H4,50,51,55)/t31-,32-,33-,34-,35-/m0/s1. The number of carbonyl (C=O) groups is 7. The number of primary amides is 1. The summed E-state index contributed by atoms with van der Waals surface area (Å²) < 4.78 is 0. The largest absolute Gasteiger partial charge is 0.508 e. The van der Waals surface area contributed by atoms with Gasteiger partial charge in [-0.2, -0.15) is 0 Å². The summed E-state index contributed by atoms with van der Waals surface area (Å²) in [5.41, 5.74) is 39.0. The van der Waals surface area contributed by atoms with Crippen LogP contribution in [0.3, 0.4) is 0 Å². The number of carbonyl (C=O) groups excluding carboxylic acids is 7. The maximum Gasteiger partial charge on any atom is 0.243 e. The normalized spacial score (nSPS) is 12.8. The van der Waals surface area contributed by atoms with E-state index in [0.717, 1.165) is 0 Å². The first-order valence-corrected chi connectivity index (χ1v) is 22.5. The average Bonchev–Trinajstić information content (AvgIpc) is 3.28. The molecular weight excluding hydrogens is 897 g/mol. The van der Waals surface area contributed by atoms with Crippen molar-refractivity contribution in [2.45, 2.75) is 114 Å². The Morgan fingerprint density at radius 1 is 0.478 bits per heavy atom. The van der Waals surface area contributed by atoms with Gasteiger partial charge in [0.25, 0.3) is 0 Å². The average molecular weight is 967 g/mol. The molecule has 0 unspecified atom stereocenters. The summed E-state index contributed by atoms with van der Waals surface area (Å²) in [5.74, 6) is -4.88. The van der Waals surface area contributed by atoms with E-state index in [1.54, 1.807) is 24.3 Å². The zero-order valence-electron chi connectivity index (χ0n) is 39.0. The van der Waals surface area contributed by atoms with Gasteiger partial charge in [0.2, 0.25) is 41.4 Å². The van der Waals surface area contributed by atoms with Gasteiger partial charge < -0.3 is 82.2 Å². The fourth-order valence-corrected chi connectivity index (χ4v) is 6.74. The van der Waals surface area contributed by atoms with E-state index in [4.69, 9.17) is 40.1 Å². The molecule has 380 valence electrons. The van der Waals surface area contributed by atoms with E-state index in [2.05, 4.69) is 46.9 Å². The second-order valence-corrected chi connectivity index (χ2v) is 16.1. The Morgan fingerprint density at radius 3 is 1.28 bits per heavy atom. The van der Waals surface area contributed by atoms with Crippen molar-refractivity contribution in [2.75, 3.05) is 26.2 Å². The van der Waals surface area contributed by atoms with E-state index in [1.165, 1.54) is 31.2 Å². The lowest BCUT2D eigenvalue weighted by atomic mass is 10.0. The fourth-order valence-electron chi connectivity index (χ4n) is 6.74. The first-order chi connectivity index (χ1) is 32.7. The van der Waals surface area contributed by atoms with E-state index in [-0.39, 0.29) is 106 Å². The summed E-state index contributed by atoms with van der Waals surface area (Å²) >= 11 is 0. The van der Waals surface area contributed by atoms with Gasteiger partial charge in [0, 0.05) is 52.4 Å². The van der Waals surface area contributed by atoms with Crippen LogP contribution in [-0.4, -0.2) is 126 Å². The van der Waals surface area contributed by atoms with Gasteiger partial charge in [-0.25, -0.2) is 0 Å². The molecule has 0 fully saturated rings. The van der Waals surface area contributed by atoms with Gasteiger partial charge in [0.1, 0.15) is 41.7 Å². The van der Waals surface area contributed by atoms with E-state index >= 15 is 0 Å². The SMILES string of the molecule is CC(=O)N[C@@H](CCCN=C(N)N)C(=O)N[C@@H](Cc1ccc(O)cc1)C(=O)N[C@@H](Cc1ccc(O)cc1)C(=O)N[C@@H](CCCN=C(N)N)C(=O)NCCCCCC(=O)N[C@@H](CCCN=C(N)N)C(N)=O. The summed E-state index contributed by atoms with van der Waals surface area (Å²) in [6, 6.07) is 6.00. The minimum atomic E-state index is -1.35. The second-order valence-electron chi connectivity index (χ2n) is 16.1. The van der Waals surface area contributed by atoms with Crippen LogP contribution < -0.4 is 72.0 Å². The quantitative estimate of drug-likeness (QED) is 0.0194. The van der Waals surface area contributed by atoms with Gasteiger partial charge >= 0.3 is 0 Å². The third kappa shape index (κ3) is 25.0. The van der Waals surface area contributed by atoms with E-state index in [9.17, 15) is 43.8 Å². The molecule has 0 saturated carbocycles. The highest BCUT2D eigenvalue weighted by Gasteiger charge is 2.32. The number of benzene rings is 2. The number of amides is 7. The van der Waals surface area contributed by atoms with Crippen LogP contribution in [0.5, 0.6) is 11.5 Å².